The fourth-order valence-corrected chi connectivity index (χ4v) is 1.42. The minimum absolute atomic E-state index is 0.188. The highest BCUT2D eigenvalue weighted by atomic mass is 19.1. The number of hydrogen-bond donors (Lipinski definition) is 0. The summed E-state index contributed by atoms with van der Waals surface area (Å²) in [4.78, 5) is 11.8. The molecule has 1 aromatic carbocycles. The van der Waals surface area contributed by atoms with Crippen molar-refractivity contribution in [2.45, 2.75) is 6.42 Å². The van der Waals surface area contributed by atoms with Crippen LogP contribution in [0.5, 0.6) is 0 Å². The van der Waals surface area contributed by atoms with Crippen LogP contribution in [0.25, 0.3) is 0 Å². The van der Waals surface area contributed by atoms with Crippen LogP contribution in [0.1, 0.15) is 6.42 Å². The van der Waals surface area contributed by atoms with Crippen molar-refractivity contribution in [3.8, 4) is 0 Å². The second-order valence-electron chi connectivity index (χ2n) is 3.27. The number of halogens is 1. The Bertz CT molecular complexity index is 377. The van der Waals surface area contributed by atoms with Crippen molar-refractivity contribution in [2.75, 3.05) is 18.0 Å². The van der Waals surface area contributed by atoms with Gasteiger partial charge in [0.25, 0.3) is 5.69 Å². The van der Waals surface area contributed by atoms with Crippen LogP contribution in [0.3, 0.4) is 0 Å². The van der Waals surface area contributed by atoms with E-state index >= 15 is 0 Å². The van der Waals surface area contributed by atoms with E-state index in [0.29, 0.717) is 5.69 Å². The van der Waals surface area contributed by atoms with E-state index in [1.54, 1.807) is 0 Å². The maximum Gasteiger partial charge on any atom is 0.274 e. The lowest BCUT2D eigenvalue weighted by molar-refractivity contribution is -0.385. The Morgan fingerprint density at radius 2 is 2.07 bits per heavy atom. The van der Waals surface area contributed by atoms with Crippen molar-refractivity contribution in [3.05, 3.63) is 34.1 Å². The van der Waals surface area contributed by atoms with Crippen molar-refractivity contribution in [1.29, 1.82) is 0 Å². The number of hydrogen-bond acceptors (Lipinski definition) is 3. The summed E-state index contributed by atoms with van der Waals surface area (Å²) in [6.45, 7) is 1.70. The monoisotopic (exact) mass is 196 g/mol. The minimum Gasteiger partial charge on any atom is -0.371 e. The molecule has 0 N–H and O–H groups in total. The zero-order chi connectivity index (χ0) is 10.1. The van der Waals surface area contributed by atoms with Crippen LogP contribution in [0.4, 0.5) is 15.8 Å². The summed E-state index contributed by atoms with van der Waals surface area (Å²) in [6.07, 6.45) is 1.06. The van der Waals surface area contributed by atoms with Crippen LogP contribution in [0, 0.1) is 15.9 Å². The predicted molar refractivity (Wildman–Crippen MR) is 49.9 cm³/mol. The van der Waals surface area contributed by atoms with Gasteiger partial charge in [0.05, 0.1) is 11.0 Å². The standard InChI is InChI=1S/C9H9FN2O2/c10-7-4-8(11-2-1-3-11)6-9(5-7)12(13)14/h4-6H,1-3H2. The molecule has 4 nitrogen and oxygen atoms in total. The third kappa shape index (κ3) is 1.53. The quantitative estimate of drug-likeness (QED) is 0.536. The summed E-state index contributed by atoms with van der Waals surface area (Å²) < 4.78 is 13.0. The van der Waals surface area contributed by atoms with Crippen molar-refractivity contribution >= 4 is 11.4 Å². The lowest BCUT2D eigenvalue weighted by Gasteiger charge is -2.32. The highest BCUT2D eigenvalue weighted by Gasteiger charge is 2.18. The fourth-order valence-electron chi connectivity index (χ4n) is 1.42. The van der Waals surface area contributed by atoms with E-state index < -0.39 is 10.7 Å². The van der Waals surface area contributed by atoms with Gasteiger partial charge in [0, 0.05) is 24.8 Å². The number of rotatable bonds is 2. The zero-order valence-electron chi connectivity index (χ0n) is 7.44. The van der Waals surface area contributed by atoms with Gasteiger partial charge in [-0.3, -0.25) is 10.1 Å². The van der Waals surface area contributed by atoms with Crippen molar-refractivity contribution < 1.29 is 9.31 Å². The predicted octanol–water partition coefficient (Wildman–Crippen LogP) is 1.94. The molecule has 0 aliphatic carbocycles. The number of non-ortho nitro benzene ring substituents is 1. The first kappa shape index (κ1) is 8.93. The molecule has 1 fully saturated rings. The lowest BCUT2D eigenvalue weighted by Crippen LogP contribution is -2.37. The van der Waals surface area contributed by atoms with Crippen LogP contribution < -0.4 is 4.90 Å². The van der Waals surface area contributed by atoms with Crippen LogP contribution in [0.2, 0.25) is 0 Å². The number of nitro benzene ring substituents is 1. The van der Waals surface area contributed by atoms with E-state index in [4.69, 9.17) is 0 Å². The molecule has 1 aliphatic heterocycles. The Hall–Kier alpha value is -1.65. The van der Waals surface area contributed by atoms with Gasteiger partial charge in [-0.15, -0.1) is 0 Å². The van der Waals surface area contributed by atoms with Gasteiger partial charge in [-0.25, -0.2) is 4.39 Å². The van der Waals surface area contributed by atoms with Gasteiger partial charge in [-0.2, -0.15) is 0 Å². The van der Waals surface area contributed by atoms with Gasteiger partial charge < -0.3 is 4.90 Å². The molecular formula is C9H9FN2O2. The van der Waals surface area contributed by atoms with Gasteiger partial charge in [0.1, 0.15) is 5.82 Å². The molecule has 0 amide bonds. The molecule has 0 spiro atoms. The number of nitro groups is 1. The van der Waals surface area contributed by atoms with Crippen molar-refractivity contribution in [3.63, 3.8) is 0 Å². The molecule has 0 atom stereocenters. The first-order valence-electron chi connectivity index (χ1n) is 4.37. The largest absolute Gasteiger partial charge is 0.371 e. The first-order chi connectivity index (χ1) is 6.66. The summed E-state index contributed by atoms with van der Waals surface area (Å²) >= 11 is 0. The van der Waals surface area contributed by atoms with E-state index in [1.807, 2.05) is 4.90 Å². The van der Waals surface area contributed by atoms with Crippen LogP contribution >= 0.6 is 0 Å². The third-order valence-corrected chi connectivity index (χ3v) is 2.30. The molecule has 0 unspecified atom stereocenters. The molecule has 1 saturated heterocycles. The molecule has 1 aliphatic rings. The van der Waals surface area contributed by atoms with E-state index in [-0.39, 0.29) is 5.69 Å². The van der Waals surface area contributed by atoms with Gasteiger partial charge in [-0.1, -0.05) is 0 Å². The molecule has 0 bridgehead atoms. The van der Waals surface area contributed by atoms with E-state index in [0.717, 1.165) is 25.6 Å². The Kier molecular flexibility index (Phi) is 2.07. The number of nitrogens with zero attached hydrogens (tertiary/aromatic N) is 2. The summed E-state index contributed by atoms with van der Waals surface area (Å²) in [5.41, 5.74) is 0.412. The van der Waals surface area contributed by atoms with Gasteiger partial charge in [-0.05, 0) is 12.5 Å². The molecule has 0 saturated carbocycles. The fraction of sp³-hybridized carbons (Fsp3) is 0.333. The van der Waals surface area contributed by atoms with E-state index in [9.17, 15) is 14.5 Å². The normalized spacial score (nSPS) is 15.1. The molecule has 2 rings (SSSR count). The Labute approximate surface area is 80.1 Å². The topological polar surface area (TPSA) is 46.4 Å². The number of anilines is 1. The molecule has 14 heavy (non-hydrogen) atoms. The molecule has 1 aromatic rings. The summed E-state index contributed by atoms with van der Waals surface area (Å²) in [5, 5.41) is 10.5. The van der Waals surface area contributed by atoms with Crippen LogP contribution in [-0.4, -0.2) is 18.0 Å². The Morgan fingerprint density at radius 1 is 1.36 bits per heavy atom. The zero-order valence-corrected chi connectivity index (χ0v) is 7.44. The van der Waals surface area contributed by atoms with E-state index in [2.05, 4.69) is 0 Å². The maximum absolute atomic E-state index is 13.0. The smallest absolute Gasteiger partial charge is 0.274 e. The lowest BCUT2D eigenvalue weighted by atomic mass is 10.1. The average Bonchev–Trinajstić information content (AvgIpc) is 1.99. The molecule has 5 heteroatoms. The van der Waals surface area contributed by atoms with E-state index in [1.165, 1.54) is 12.1 Å². The first-order valence-corrected chi connectivity index (χ1v) is 4.37. The second-order valence-corrected chi connectivity index (χ2v) is 3.27. The Morgan fingerprint density at radius 3 is 2.57 bits per heavy atom. The van der Waals surface area contributed by atoms with Crippen molar-refractivity contribution in [2.24, 2.45) is 0 Å². The highest BCUT2D eigenvalue weighted by Crippen LogP contribution is 2.26. The molecule has 1 heterocycles. The van der Waals surface area contributed by atoms with Gasteiger partial charge in [0.15, 0.2) is 0 Å². The highest BCUT2D eigenvalue weighted by molar-refractivity contribution is 5.54. The summed E-state index contributed by atoms with van der Waals surface area (Å²) in [7, 11) is 0. The molecule has 0 aromatic heterocycles. The minimum atomic E-state index is -0.577. The average molecular weight is 196 g/mol. The maximum atomic E-state index is 13.0. The number of benzene rings is 1. The van der Waals surface area contributed by atoms with Crippen LogP contribution in [-0.2, 0) is 0 Å². The van der Waals surface area contributed by atoms with Gasteiger partial charge in [0.2, 0.25) is 0 Å². The summed E-state index contributed by atoms with van der Waals surface area (Å²) in [5.74, 6) is -0.555. The van der Waals surface area contributed by atoms with Crippen molar-refractivity contribution in [1.82, 2.24) is 0 Å². The summed E-state index contributed by atoms with van der Waals surface area (Å²) in [6, 6.07) is 3.66. The Balaban J connectivity index is 2.35. The third-order valence-electron chi connectivity index (χ3n) is 2.30. The molecule has 74 valence electrons. The van der Waals surface area contributed by atoms with Gasteiger partial charge >= 0.3 is 0 Å². The SMILES string of the molecule is O=[N+]([O-])c1cc(F)cc(N2CCC2)c1. The second kappa shape index (κ2) is 3.25. The molecule has 0 radical (unpaired) electrons. The van der Waals surface area contributed by atoms with Crippen LogP contribution in [0.15, 0.2) is 18.2 Å². The molecular weight excluding hydrogens is 187 g/mol.